The van der Waals surface area contributed by atoms with E-state index in [-0.39, 0.29) is 6.54 Å². The zero-order valence-electron chi connectivity index (χ0n) is 16.3. The van der Waals surface area contributed by atoms with Crippen molar-refractivity contribution in [3.63, 3.8) is 0 Å². The summed E-state index contributed by atoms with van der Waals surface area (Å²) in [6, 6.07) is 12.5. The molecule has 0 unspecified atom stereocenters. The van der Waals surface area contributed by atoms with Crippen molar-refractivity contribution in [3.8, 4) is 5.69 Å². The van der Waals surface area contributed by atoms with Gasteiger partial charge in [0.2, 0.25) is 5.91 Å². The largest absolute Gasteiger partial charge is 0.336 e. The molecule has 2 heterocycles. The van der Waals surface area contributed by atoms with Crippen LogP contribution < -0.4 is 16.6 Å². The Kier molecular flexibility index (Phi) is 5.09. The SMILES string of the molecule is Cc1ccc(-n2c(=O)c3sccc3n(CC(=O)Nc3ccc(F)cc3)c2=O)c(C)c1. The lowest BCUT2D eigenvalue weighted by atomic mass is 10.1. The fourth-order valence-corrected chi connectivity index (χ4v) is 4.21. The van der Waals surface area contributed by atoms with Crippen LogP contribution in [0.1, 0.15) is 11.1 Å². The van der Waals surface area contributed by atoms with E-state index in [1.165, 1.54) is 40.2 Å². The number of benzene rings is 2. The maximum atomic E-state index is 13.3. The van der Waals surface area contributed by atoms with Crippen LogP contribution in [-0.2, 0) is 11.3 Å². The predicted molar refractivity (Wildman–Crippen MR) is 116 cm³/mol. The van der Waals surface area contributed by atoms with Gasteiger partial charge in [-0.3, -0.25) is 14.2 Å². The summed E-state index contributed by atoms with van der Waals surface area (Å²) in [5, 5.41) is 4.36. The van der Waals surface area contributed by atoms with Crippen molar-refractivity contribution in [2.24, 2.45) is 0 Å². The van der Waals surface area contributed by atoms with Crippen LogP contribution in [0.25, 0.3) is 15.9 Å². The first-order valence-corrected chi connectivity index (χ1v) is 10.1. The molecule has 152 valence electrons. The van der Waals surface area contributed by atoms with Crippen LogP contribution >= 0.6 is 11.3 Å². The molecule has 0 atom stereocenters. The van der Waals surface area contributed by atoms with E-state index >= 15 is 0 Å². The molecule has 0 radical (unpaired) electrons. The molecule has 0 saturated carbocycles. The maximum Gasteiger partial charge on any atom is 0.336 e. The lowest BCUT2D eigenvalue weighted by Crippen LogP contribution is -2.40. The molecule has 2 aromatic heterocycles. The van der Waals surface area contributed by atoms with Gasteiger partial charge in [0, 0.05) is 5.69 Å². The fraction of sp³-hybridized carbons (Fsp3) is 0.136. The third-order valence-electron chi connectivity index (χ3n) is 4.78. The standard InChI is InChI=1S/C22H18FN3O3S/c1-13-3-8-17(14(2)11-13)26-21(28)20-18(9-10-30-20)25(22(26)29)12-19(27)24-16-6-4-15(23)5-7-16/h3-11H,12H2,1-2H3,(H,24,27). The molecule has 30 heavy (non-hydrogen) atoms. The van der Waals surface area contributed by atoms with Crippen molar-refractivity contribution in [1.29, 1.82) is 0 Å². The Hall–Kier alpha value is -3.52. The molecule has 0 fully saturated rings. The van der Waals surface area contributed by atoms with Crippen LogP contribution in [0.2, 0.25) is 0 Å². The number of nitrogens with zero attached hydrogens (tertiary/aromatic N) is 2. The second-order valence-corrected chi connectivity index (χ2v) is 7.91. The lowest BCUT2D eigenvalue weighted by Gasteiger charge is -2.14. The Bertz CT molecular complexity index is 1380. The second kappa shape index (κ2) is 7.72. The topological polar surface area (TPSA) is 73.1 Å². The van der Waals surface area contributed by atoms with E-state index in [1.54, 1.807) is 17.5 Å². The zero-order chi connectivity index (χ0) is 21.4. The summed E-state index contributed by atoms with van der Waals surface area (Å²) in [5.41, 5.74) is 2.11. The average molecular weight is 423 g/mol. The van der Waals surface area contributed by atoms with Crippen molar-refractivity contribution >= 4 is 33.1 Å². The van der Waals surface area contributed by atoms with Gasteiger partial charge in [-0.2, -0.15) is 0 Å². The number of hydrogen-bond donors (Lipinski definition) is 1. The molecule has 8 heteroatoms. The maximum absolute atomic E-state index is 13.3. The number of rotatable bonds is 4. The van der Waals surface area contributed by atoms with E-state index in [4.69, 9.17) is 0 Å². The molecule has 0 bridgehead atoms. The van der Waals surface area contributed by atoms with Gasteiger partial charge in [-0.05, 0) is 61.2 Å². The number of aromatic nitrogens is 2. The summed E-state index contributed by atoms with van der Waals surface area (Å²) in [5.74, 6) is -0.869. The van der Waals surface area contributed by atoms with Crippen molar-refractivity contribution in [1.82, 2.24) is 9.13 Å². The highest BCUT2D eigenvalue weighted by molar-refractivity contribution is 7.17. The minimum Gasteiger partial charge on any atom is -0.325 e. The number of anilines is 1. The Morgan fingerprint density at radius 1 is 1.07 bits per heavy atom. The van der Waals surface area contributed by atoms with E-state index in [0.29, 0.717) is 21.6 Å². The number of carbonyl (C=O) groups excluding carboxylic acids is 1. The Morgan fingerprint density at radius 3 is 2.50 bits per heavy atom. The number of aryl methyl sites for hydroxylation is 2. The van der Waals surface area contributed by atoms with Gasteiger partial charge in [0.15, 0.2) is 0 Å². The predicted octanol–water partition coefficient (Wildman–Crippen LogP) is 3.61. The van der Waals surface area contributed by atoms with Crippen LogP contribution in [0.15, 0.2) is 63.5 Å². The smallest absolute Gasteiger partial charge is 0.325 e. The van der Waals surface area contributed by atoms with E-state index < -0.39 is 23.0 Å². The second-order valence-electron chi connectivity index (χ2n) is 6.99. The molecule has 4 aromatic rings. The van der Waals surface area contributed by atoms with Gasteiger partial charge in [-0.25, -0.2) is 13.8 Å². The summed E-state index contributed by atoms with van der Waals surface area (Å²) in [4.78, 5) is 38.9. The van der Waals surface area contributed by atoms with Crippen LogP contribution in [0.3, 0.4) is 0 Å². The highest BCUT2D eigenvalue weighted by Gasteiger charge is 2.18. The summed E-state index contributed by atoms with van der Waals surface area (Å²) in [6.45, 7) is 3.48. The van der Waals surface area contributed by atoms with Crippen LogP contribution in [-0.4, -0.2) is 15.0 Å². The quantitative estimate of drug-likeness (QED) is 0.545. The van der Waals surface area contributed by atoms with Crippen molar-refractivity contribution in [3.05, 3.63) is 91.7 Å². The van der Waals surface area contributed by atoms with E-state index in [2.05, 4.69) is 5.32 Å². The number of carbonyl (C=O) groups is 1. The van der Waals surface area contributed by atoms with E-state index in [9.17, 15) is 18.8 Å². The third kappa shape index (κ3) is 3.57. The van der Waals surface area contributed by atoms with Crippen LogP contribution in [0, 0.1) is 19.7 Å². The molecule has 2 aromatic carbocycles. The number of amides is 1. The molecule has 6 nitrogen and oxygen atoms in total. The summed E-state index contributed by atoms with van der Waals surface area (Å²) >= 11 is 1.22. The molecule has 1 N–H and O–H groups in total. The zero-order valence-corrected chi connectivity index (χ0v) is 17.1. The van der Waals surface area contributed by atoms with Gasteiger partial charge in [-0.1, -0.05) is 17.7 Å². The molecular weight excluding hydrogens is 405 g/mol. The highest BCUT2D eigenvalue weighted by atomic mass is 32.1. The summed E-state index contributed by atoms with van der Waals surface area (Å²) < 4.78 is 15.9. The Morgan fingerprint density at radius 2 is 1.80 bits per heavy atom. The van der Waals surface area contributed by atoms with Gasteiger partial charge >= 0.3 is 5.69 Å². The first-order chi connectivity index (χ1) is 14.3. The monoisotopic (exact) mass is 423 g/mol. The Labute approximate surface area is 174 Å². The molecule has 4 rings (SSSR count). The van der Waals surface area contributed by atoms with Gasteiger partial charge in [0.25, 0.3) is 5.56 Å². The normalized spacial score (nSPS) is 11.0. The average Bonchev–Trinajstić information content (AvgIpc) is 3.19. The molecule has 0 aliphatic heterocycles. The Balaban J connectivity index is 1.81. The highest BCUT2D eigenvalue weighted by Crippen LogP contribution is 2.18. The summed E-state index contributed by atoms with van der Waals surface area (Å²) in [7, 11) is 0. The first kappa shape index (κ1) is 19.8. The van der Waals surface area contributed by atoms with Crippen molar-refractivity contribution in [2.45, 2.75) is 20.4 Å². The van der Waals surface area contributed by atoms with Gasteiger partial charge < -0.3 is 5.32 Å². The number of fused-ring (bicyclic) bond motifs is 1. The first-order valence-electron chi connectivity index (χ1n) is 9.21. The lowest BCUT2D eigenvalue weighted by molar-refractivity contribution is -0.116. The third-order valence-corrected chi connectivity index (χ3v) is 5.67. The molecule has 0 spiro atoms. The van der Waals surface area contributed by atoms with Crippen molar-refractivity contribution in [2.75, 3.05) is 5.32 Å². The van der Waals surface area contributed by atoms with Gasteiger partial charge in [0.05, 0.1) is 11.2 Å². The molecule has 0 aliphatic rings. The molecule has 0 aliphatic carbocycles. The van der Waals surface area contributed by atoms with E-state index in [0.717, 1.165) is 15.7 Å². The number of thiophene rings is 1. The molecule has 0 saturated heterocycles. The molecular formula is C22H18FN3O3S. The van der Waals surface area contributed by atoms with Crippen molar-refractivity contribution < 1.29 is 9.18 Å². The summed E-state index contributed by atoms with van der Waals surface area (Å²) in [6.07, 6.45) is 0. The number of hydrogen-bond acceptors (Lipinski definition) is 4. The van der Waals surface area contributed by atoms with Crippen LogP contribution in [0.4, 0.5) is 10.1 Å². The number of halogens is 1. The number of nitrogens with one attached hydrogen (secondary N) is 1. The van der Waals surface area contributed by atoms with Gasteiger partial charge in [0.1, 0.15) is 17.1 Å². The van der Waals surface area contributed by atoms with Gasteiger partial charge in [-0.15, -0.1) is 11.3 Å². The van der Waals surface area contributed by atoms with E-state index in [1.807, 2.05) is 26.0 Å². The molecule has 1 amide bonds. The minimum absolute atomic E-state index is 0.283. The minimum atomic E-state index is -0.591. The fourth-order valence-electron chi connectivity index (χ4n) is 3.39. The van der Waals surface area contributed by atoms with Crippen LogP contribution in [0.5, 0.6) is 0 Å².